The zero-order chi connectivity index (χ0) is 47.6. The van der Waals surface area contributed by atoms with E-state index in [2.05, 4.69) is 61.4 Å². The van der Waals surface area contributed by atoms with Crippen LogP contribution < -0.4 is 30.7 Å². The maximum Gasteiger partial charge on any atom is 0.343 e. The van der Waals surface area contributed by atoms with Gasteiger partial charge >= 0.3 is 11.9 Å². The van der Waals surface area contributed by atoms with Gasteiger partial charge in [-0.1, -0.05) is 24.3 Å². The Labute approximate surface area is 389 Å². The molecule has 6 aromatic heterocycles. The van der Waals surface area contributed by atoms with Gasteiger partial charge in [0.25, 0.3) is 0 Å². The van der Waals surface area contributed by atoms with Crippen LogP contribution >= 0.6 is 0 Å². The number of pyridine rings is 2. The molecule has 0 spiro atoms. The summed E-state index contributed by atoms with van der Waals surface area (Å²) in [5, 5.41) is 38.2. The number of ether oxygens (including phenoxy) is 3. The van der Waals surface area contributed by atoms with Gasteiger partial charge in [0, 0.05) is 93.5 Å². The molecule has 21 nitrogen and oxygen atoms in total. The molecule has 0 saturated carbocycles. The van der Waals surface area contributed by atoms with E-state index in [9.17, 15) is 14.7 Å². The molecule has 2 aliphatic rings. The number of aromatic carboxylic acids is 1. The topological polar surface area (TPSA) is 263 Å². The van der Waals surface area contributed by atoms with Gasteiger partial charge in [-0.25, -0.2) is 29.5 Å². The smallest absolute Gasteiger partial charge is 0.343 e. The van der Waals surface area contributed by atoms with Gasteiger partial charge in [0.1, 0.15) is 22.8 Å². The second-order valence-corrected chi connectivity index (χ2v) is 14.8. The minimum absolute atomic E-state index is 0.0682. The third kappa shape index (κ3) is 10.3. The van der Waals surface area contributed by atoms with Gasteiger partial charge in [-0.05, 0) is 55.5 Å². The standard InChI is InChI=1S/C24H23N7O3.C22H19N7O3.CH4O/c1-3-33-23(32)17-13-26-24(28-19-9-4-5-11-25-19)29-22(17)27-18-8-6-7-16-20-15(14-31(2)30-20)10-12-34-21(16)18;1-29-12-13-8-10-32-19-14(18(13)28-29)5-4-6-16(19)25-20-15(21(30)31)11-24-22(27-20)26-17-7-2-3-9-23-17;1-2/h4-9,11,13-14H,3,10,12H2,1-2H3,(H2,25,26,27,28,29);2-7,9,11-12H,8,10H2,1H3,(H,30,31)(H2,23,24,25,26,27);2H,1H3. The normalized spacial score (nSPS) is 11.8. The van der Waals surface area contributed by atoms with Gasteiger partial charge in [0.15, 0.2) is 23.1 Å². The molecule has 0 atom stereocenters. The van der Waals surface area contributed by atoms with E-state index in [0.717, 1.165) is 53.6 Å². The number of para-hydroxylation sites is 2. The lowest BCUT2D eigenvalue weighted by molar-refractivity contribution is 0.0526. The number of aliphatic hydroxyl groups is 1. The van der Waals surface area contributed by atoms with Crippen molar-refractivity contribution in [1.29, 1.82) is 0 Å². The monoisotopic (exact) mass is 918 g/mol. The van der Waals surface area contributed by atoms with E-state index in [1.165, 1.54) is 12.4 Å². The van der Waals surface area contributed by atoms with E-state index in [4.69, 9.17) is 19.3 Å². The lowest BCUT2D eigenvalue weighted by Gasteiger charge is -2.16. The summed E-state index contributed by atoms with van der Waals surface area (Å²) < 4.78 is 20.9. The van der Waals surface area contributed by atoms with Crippen molar-refractivity contribution in [2.45, 2.75) is 19.8 Å². The molecule has 0 fully saturated rings. The lowest BCUT2D eigenvalue weighted by Crippen LogP contribution is -2.12. The predicted molar refractivity (Wildman–Crippen MR) is 252 cm³/mol. The molecule has 0 amide bonds. The van der Waals surface area contributed by atoms with Crippen LogP contribution in [0.25, 0.3) is 22.5 Å². The van der Waals surface area contributed by atoms with Crippen LogP contribution in [0.4, 0.5) is 46.5 Å². The van der Waals surface area contributed by atoms with Crippen molar-refractivity contribution in [3.63, 3.8) is 0 Å². The Morgan fingerprint density at radius 3 is 1.59 bits per heavy atom. The van der Waals surface area contributed by atoms with Gasteiger partial charge in [0.05, 0.1) is 42.6 Å². The summed E-state index contributed by atoms with van der Waals surface area (Å²) in [5.41, 5.74) is 7.03. The van der Waals surface area contributed by atoms with Crippen LogP contribution in [-0.2, 0) is 31.7 Å². The number of aliphatic hydroxyl groups excluding tert-OH is 1. The second-order valence-electron chi connectivity index (χ2n) is 14.8. The maximum atomic E-state index is 12.6. The van der Waals surface area contributed by atoms with Gasteiger partial charge in [-0.2, -0.15) is 20.2 Å². The average molecular weight is 919 g/mol. The Hall–Kier alpha value is -8.98. The average Bonchev–Trinajstić information content (AvgIpc) is 3.80. The van der Waals surface area contributed by atoms with Gasteiger partial charge < -0.3 is 45.7 Å². The number of anilines is 8. The molecule has 0 radical (unpaired) electrons. The van der Waals surface area contributed by atoms with Gasteiger partial charge in [-0.15, -0.1) is 0 Å². The number of aromatic nitrogens is 10. The molecular formula is C47H46N14O7. The second kappa shape index (κ2) is 20.9. The molecule has 2 aliphatic heterocycles. The van der Waals surface area contributed by atoms with Crippen LogP contribution in [0, 0.1) is 0 Å². The number of aryl methyl sites for hydroxylation is 2. The Balaban J connectivity index is 0.000000178. The van der Waals surface area contributed by atoms with Crippen LogP contribution in [0.5, 0.6) is 11.5 Å². The molecule has 0 bridgehead atoms. The van der Waals surface area contributed by atoms with E-state index in [0.29, 0.717) is 47.7 Å². The minimum Gasteiger partial charge on any atom is -0.490 e. The molecule has 68 heavy (non-hydrogen) atoms. The highest BCUT2D eigenvalue weighted by Crippen LogP contribution is 2.42. The SMILES string of the molecule is CCOC(=O)c1cnc(Nc2ccccn2)nc1Nc1cccc2c1OCCc1cn(C)nc1-2.CO.Cn1cc2c(n1)-c1cccc(Nc3nc(Nc4ccccn4)ncc3C(=O)O)c1OCC2. The van der Waals surface area contributed by atoms with Crippen LogP contribution in [0.3, 0.4) is 0 Å². The van der Waals surface area contributed by atoms with Crippen molar-refractivity contribution < 1.29 is 34.0 Å². The summed E-state index contributed by atoms with van der Waals surface area (Å²) in [6.07, 6.45) is 11.4. The number of fused-ring (bicyclic) bond motifs is 6. The molecular weight excluding hydrogens is 873 g/mol. The van der Waals surface area contributed by atoms with Crippen LogP contribution in [0.2, 0.25) is 0 Å². The molecule has 8 heterocycles. The van der Waals surface area contributed by atoms with E-state index >= 15 is 0 Å². The van der Waals surface area contributed by atoms with Crippen molar-refractivity contribution in [1.82, 2.24) is 49.5 Å². The molecule has 0 saturated heterocycles. The van der Waals surface area contributed by atoms with Crippen LogP contribution in [0.15, 0.2) is 110 Å². The first-order valence-electron chi connectivity index (χ1n) is 21.3. The maximum absolute atomic E-state index is 12.6. The zero-order valence-corrected chi connectivity index (χ0v) is 37.3. The molecule has 6 N–H and O–H groups in total. The number of hydrogen-bond donors (Lipinski definition) is 6. The fourth-order valence-electron chi connectivity index (χ4n) is 7.32. The van der Waals surface area contributed by atoms with Crippen molar-refractivity contribution in [2.75, 3.05) is 48.2 Å². The Kier molecular flexibility index (Phi) is 14.0. The zero-order valence-electron chi connectivity index (χ0n) is 37.3. The highest BCUT2D eigenvalue weighted by molar-refractivity contribution is 5.96. The number of carboxylic acids is 1. The summed E-state index contributed by atoms with van der Waals surface area (Å²) in [4.78, 5) is 50.1. The lowest BCUT2D eigenvalue weighted by atomic mass is 10.1. The van der Waals surface area contributed by atoms with Crippen molar-refractivity contribution in [3.8, 4) is 34.0 Å². The predicted octanol–water partition coefficient (Wildman–Crippen LogP) is 6.87. The Morgan fingerprint density at radius 2 is 1.13 bits per heavy atom. The summed E-state index contributed by atoms with van der Waals surface area (Å²) in [5.74, 6) is 1.61. The number of carbonyl (C=O) groups is 2. The van der Waals surface area contributed by atoms with Crippen LogP contribution in [-0.4, -0.2) is 98.5 Å². The van der Waals surface area contributed by atoms with Crippen LogP contribution in [0.1, 0.15) is 38.8 Å². The summed E-state index contributed by atoms with van der Waals surface area (Å²) in [6.45, 7) is 2.97. The van der Waals surface area contributed by atoms with Gasteiger partial charge in [-0.3, -0.25) is 9.36 Å². The van der Waals surface area contributed by atoms with Gasteiger partial charge in [0.2, 0.25) is 11.9 Å². The highest BCUT2D eigenvalue weighted by Gasteiger charge is 2.25. The van der Waals surface area contributed by atoms with E-state index in [1.807, 2.05) is 81.1 Å². The quantitative estimate of drug-likeness (QED) is 0.0723. The first-order valence-corrected chi connectivity index (χ1v) is 21.3. The first kappa shape index (κ1) is 45.6. The van der Waals surface area contributed by atoms with E-state index in [1.54, 1.807) is 46.9 Å². The number of nitrogens with zero attached hydrogens (tertiary/aromatic N) is 10. The van der Waals surface area contributed by atoms with Crippen molar-refractivity contribution in [2.24, 2.45) is 14.1 Å². The summed E-state index contributed by atoms with van der Waals surface area (Å²) >= 11 is 0. The number of nitrogens with one attached hydrogen (secondary N) is 4. The number of benzene rings is 2. The number of rotatable bonds is 11. The molecule has 21 heteroatoms. The number of carboxylic acid groups (broad SMARTS) is 1. The van der Waals surface area contributed by atoms with E-state index in [-0.39, 0.29) is 41.3 Å². The number of hydrogen-bond acceptors (Lipinski definition) is 18. The molecule has 0 unspecified atom stereocenters. The number of esters is 1. The Morgan fingerprint density at radius 1 is 0.647 bits per heavy atom. The third-order valence-corrected chi connectivity index (χ3v) is 10.2. The Bertz CT molecular complexity index is 3060. The van der Waals surface area contributed by atoms with E-state index < -0.39 is 11.9 Å². The van der Waals surface area contributed by atoms with Crippen molar-refractivity contribution >= 4 is 58.5 Å². The molecule has 346 valence electrons. The molecule has 0 aliphatic carbocycles. The molecule has 2 aromatic carbocycles. The minimum atomic E-state index is -1.15. The third-order valence-electron chi connectivity index (χ3n) is 10.2. The highest BCUT2D eigenvalue weighted by atomic mass is 16.5. The largest absolute Gasteiger partial charge is 0.490 e. The fourth-order valence-corrected chi connectivity index (χ4v) is 7.32. The molecule has 10 rings (SSSR count). The van der Waals surface area contributed by atoms with Crippen molar-refractivity contribution in [3.05, 3.63) is 132 Å². The fraction of sp³-hybridized carbons (Fsp3) is 0.191. The molecule has 8 aromatic rings. The number of carbonyl (C=O) groups excluding carboxylic acids is 1. The first-order chi connectivity index (χ1) is 33.2. The summed E-state index contributed by atoms with van der Waals surface area (Å²) in [7, 11) is 4.78. The summed E-state index contributed by atoms with van der Waals surface area (Å²) in [6, 6.07) is 22.2.